The lowest BCUT2D eigenvalue weighted by atomic mass is 10.0. The number of carbonyl (C=O) groups excluding carboxylic acids is 1. The zero-order valence-electron chi connectivity index (χ0n) is 16.7. The smallest absolute Gasteiger partial charge is 0.344 e. The highest BCUT2D eigenvalue weighted by molar-refractivity contribution is 7.80. The van der Waals surface area contributed by atoms with Crippen LogP contribution in [-0.2, 0) is 0 Å². The molecule has 0 aliphatic rings. The molecule has 0 radical (unpaired) electrons. The summed E-state index contributed by atoms with van der Waals surface area (Å²) in [6, 6.07) is 19.2. The molecule has 160 valence electrons. The second-order valence-electron chi connectivity index (χ2n) is 7.05. The van der Waals surface area contributed by atoms with E-state index in [0.717, 1.165) is 16.5 Å². The molecule has 0 unspecified atom stereocenters. The van der Waals surface area contributed by atoms with Crippen LogP contribution in [0.4, 0.5) is 5.69 Å². The van der Waals surface area contributed by atoms with Gasteiger partial charge in [0.15, 0.2) is 5.11 Å². The molecule has 32 heavy (non-hydrogen) atoms. The summed E-state index contributed by atoms with van der Waals surface area (Å²) in [5.41, 5.74) is 3.20. The maximum Gasteiger partial charge on any atom is 0.344 e. The van der Waals surface area contributed by atoms with Gasteiger partial charge in [-0.2, -0.15) is 0 Å². The monoisotopic (exact) mass is 482 g/mol. The first kappa shape index (κ1) is 22.0. The molecule has 5 nitrogen and oxygen atoms in total. The summed E-state index contributed by atoms with van der Waals surface area (Å²) >= 11 is 17.1. The minimum absolute atomic E-state index is 0.124. The topological polar surface area (TPSA) is 71.3 Å². The number of carbonyl (C=O) groups is 1. The third kappa shape index (κ3) is 4.67. The highest BCUT2D eigenvalue weighted by Gasteiger charge is 2.13. The Balaban J connectivity index is 1.51. The van der Waals surface area contributed by atoms with Crippen molar-refractivity contribution in [3.8, 4) is 11.1 Å². The van der Waals surface area contributed by atoms with Crippen molar-refractivity contribution in [1.82, 2.24) is 5.32 Å². The lowest BCUT2D eigenvalue weighted by Gasteiger charge is -2.12. The molecule has 0 bridgehead atoms. The van der Waals surface area contributed by atoms with Gasteiger partial charge in [0.25, 0.3) is 5.91 Å². The fourth-order valence-corrected chi connectivity index (χ4v) is 3.78. The minimum atomic E-state index is -0.414. The number of nitrogens with one attached hydrogen (secondary N) is 2. The fraction of sp³-hybridized carbons (Fsp3) is 0.0417. The Bertz CT molecular complexity index is 1430. The van der Waals surface area contributed by atoms with Crippen molar-refractivity contribution in [2.45, 2.75) is 6.92 Å². The average molecular weight is 483 g/mol. The van der Waals surface area contributed by atoms with Gasteiger partial charge in [0, 0.05) is 16.6 Å². The first-order valence-corrected chi connectivity index (χ1v) is 10.7. The second kappa shape index (κ2) is 9.12. The summed E-state index contributed by atoms with van der Waals surface area (Å²) in [6.07, 6.45) is 0. The number of para-hydroxylation sites is 1. The van der Waals surface area contributed by atoms with Gasteiger partial charge in [-0.05, 0) is 72.7 Å². The maximum atomic E-state index is 12.5. The Kier molecular flexibility index (Phi) is 6.28. The Labute approximate surface area is 199 Å². The molecule has 1 aromatic heterocycles. The van der Waals surface area contributed by atoms with Gasteiger partial charge in [-0.1, -0.05) is 47.5 Å². The number of amides is 1. The SMILES string of the molecule is Cc1cc(NC(=S)NC(=O)c2ccc(Cl)c(Cl)c2)ccc1-c1cc2ccccc2oc1=O. The second-order valence-corrected chi connectivity index (χ2v) is 8.27. The molecule has 0 saturated carbocycles. The van der Waals surface area contributed by atoms with E-state index in [-0.39, 0.29) is 10.1 Å². The van der Waals surface area contributed by atoms with Gasteiger partial charge in [-0.25, -0.2) is 4.79 Å². The third-order valence-corrected chi connectivity index (χ3v) is 5.77. The van der Waals surface area contributed by atoms with Crippen molar-refractivity contribution in [2.75, 3.05) is 5.32 Å². The van der Waals surface area contributed by atoms with Gasteiger partial charge >= 0.3 is 5.63 Å². The number of rotatable bonds is 3. The summed E-state index contributed by atoms with van der Waals surface area (Å²) in [5.74, 6) is -0.414. The van der Waals surface area contributed by atoms with Crippen molar-refractivity contribution in [3.63, 3.8) is 0 Å². The molecule has 2 N–H and O–H groups in total. The highest BCUT2D eigenvalue weighted by atomic mass is 35.5. The standard InChI is InChI=1S/C24H16Cl2N2O3S/c1-13-10-16(27-24(32)28-22(29)15-6-9-19(25)20(26)12-15)7-8-17(13)18-11-14-4-2-3-5-21(14)31-23(18)30/h2-12H,1H3,(H2,27,28,29,32). The molecule has 0 fully saturated rings. The summed E-state index contributed by atoms with van der Waals surface area (Å²) in [6.45, 7) is 1.88. The van der Waals surface area contributed by atoms with Crippen LogP contribution < -0.4 is 16.3 Å². The molecule has 0 aliphatic carbocycles. The highest BCUT2D eigenvalue weighted by Crippen LogP contribution is 2.26. The third-order valence-electron chi connectivity index (χ3n) is 4.82. The number of hydrogen-bond acceptors (Lipinski definition) is 4. The predicted molar refractivity (Wildman–Crippen MR) is 133 cm³/mol. The van der Waals surface area contributed by atoms with Gasteiger partial charge in [0.2, 0.25) is 0 Å². The molecule has 8 heteroatoms. The van der Waals surface area contributed by atoms with Gasteiger partial charge in [0.05, 0.1) is 15.6 Å². The van der Waals surface area contributed by atoms with E-state index in [2.05, 4.69) is 10.6 Å². The van der Waals surface area contributed by atoms with Crippen LogP contribution in [0, 0.1) is 6.92 Å². The molecule has 4 rings (SSSR count). The Morgan fingerprint density at radius 2 is 1.72 bits per heavy atom. The number of fused-ring (bicyclic) bond motifs is 1. The van der Waals surface area contributed by atoms with Crippen molar-refractivity contribution < 1.29 is 9.21 Å². The van der Waals surface area contributed by atoms with Crippen molar-refractivity contribution in [2.24, 2.45) is 0 Å². The summed E-state index contributed by atoms with van der Waals surface area (Å²) in [7, 11) is 0. The number of hydrogen-bond donors (Lipinski definition) is 2. The number of halogens is 2. The molecule has 0 spiro atoms. The van der Waals surface area contributed by atoms with Crippen molar-refractivity contribution in [1.29, 1.82) is 0 Å². The van der Waals surface area contributed by atoms with Crippen LogP contribution in [0.1, 0.15) is 15.9 Å². The van der Waals surface area contributed by atoms with Crippen LogP contribution in [0.5, 0.6) is 0 Å². The maximum absolute atomic E-state index is 12.5. The van der Waals surface area contributed by atoms with E-state index in [4.69, 9.17) is 39.8 Å². The van der Waals surface area contributed by atoms with Gasteiger partial charge < -0.3 is 9.73 Å². The molecule has 1 heterocycles. The van der Waals surface area contributed by atoms with E-state index in [1.54, 1.807) is 24.3 Å². The van der Waals surface area contributed by atoms with Crippen LogP contribution in [-0.4, -0.2) is 11.0 Å². The molecule has 4 aromatic rings. The van der Waals surface area contributed by atoms with Crippen molar-refractivity contribution >= 4 is 63.1 Å². The number of thiocarbonyl (C=S) groups is 1. The van der Waals surface area contributed by atoms with Crippen LogP contribution in [0.15, 0.2) is 75.9 Å². The minimum Gasteiger partial charge on any atom is -0.422 e. The van der Waals surface area contributed by atoms with E-state index in [1.165, 1.54) is 6.07 Å². The van der Waals surface area contributed by atoms with E-state index in [9.17, 15) is 9.59 Å². The fourth-order valence-electron chi connectivity index (χ4n) is 3.27. The van der Waals surface area contributed by atoms with Gasteiger partial charge in [0.1, 0.15) is 5.58 Å². The Morgan fingerprint density at radius 1 is 0.938 bits per heavy atom. The van der Waals surface area contributed by atoms with Crippen LogP contribution in [0.3, 0.4) is 0 Å². The number of anilines is 1. The van der Waals surface area contributed by atoms with E-state index < -0.39 is 11.5 Å². The molecule has 3 aromatic carbocycles. The number of benzene rings is 3. The quantitative estimate of drug-likeness (QED) is 0.268. The Hall–Kier alpha value is -3.19. The molecule has 0 aliphatic heterocycles. The molecular formula is C24H16Cl2N2O3S. The van der Waals surface area contributed by atoms with E-state index >= 15 is 0 Å². The van der Waals surface area contributed by atoms with E-state index in [0.29, 0.717) is 27.4 Å². The van der Waals surface area contributed by atoms with Crippen LogP contribution >= 0.6 is 35.4 Å². The van der Waals surface area contributed by atoms with Gasteiger partial charge in [-0.15, -0.1) is 0 Å². The van der Waals surface area contributed by atoms with Gasteiger partial charge in [-0.3, -0.25) is 10.1 Å². The zero-order valence-corrected chi connectivity index (χ0v) is 19.1. The number of aryl methyl sites for hydroxylation is 1. The lowest BCUT2D eigenvalue weighted by Crippen LogP contribution is -2.34. The first-order valence-electron chi connectivity index (χ1n) is 9.53. The van der Waals surface area contributed by atoms with Crippen LogP contribution in [0.25, 0.3) is 22.1 Å². The summed E-state index contributed by atoms with van der Waals surface area (Å²) in [4.78, 5) is 24.9. The zero-order chi connectivity index (χ0) is 22.8. The molecular weight excluding hydrogens is 467 g/mol. The predicted octanol–water partition coefficient (Wildman–Crippen LogP) is 6.20. The summed E-state index contributed by atoms with van der Waals surface area (Å²) < 4.78 is 5.44. The first-order chi connectivity index (χ1) is 15.3. The molecule has 0 saturated heterocycles. The average Bonchev–Trinajstić information content (AvgIpc) is 2.75. The summed E-state index contributed by atoms with van der Waals surface area (Å²) in [5, 5.41) is 7.18. The Morgan fingerprint density at radius 3 is 2.47 bits per heavy atom. The largest absolute Gasteiger partial charge is 0.422 e. The van der Waals surface area contributed by atoms with Crippen LogP contribution in [0.2, 0.25) is 10.0 Å². The van der Waals surface area contributed by atoms with Crippen molar-refractivity contribution in [3.05, 3.63) is 98.3 Å². The molecule has 1 amide bonds. The molecule has 0 atom stereocenters. The van der Waals surface area contributed by atoms with E-state index in [1.807, 2.05) is 43.3 Å². The lowest BCUT2D eigenvalue weighted by molar-refractivity contribution is 0.0977. The normalized spacial score (nSPS) is 10.7.